The van der Waals surface area contributed by atoms with Gasteiger partial charge in [-0.1, -0.05) is 13.8 Å². The van der Waals surface area contributed by atoms with Crippen molar-refractivity contribution in [2.24, 2.45) is 11.8 Å². The molecule has 2 heterocycles. The molecule has 1 aromatic rings. The molecular weight excluding hydrogens is 270 g/mol. The van der Waals surface area contributed by atoms with E-state index in [0.29, 0.717) is 11.8 Å². The lowest BCUT2D eigenvalue weighted by Crippen LogP contribution is -2.38. The van der Waals surface area contributed by atoms with Crippen LogP contribution in [0.15, 0.2) is 11.4 Å². The third-order valence-corrected chi connectivity index (χ3v) is 5.44. The maximum atomic E-state index is 12.5. The molecule has 110 valence electrons. The third-order valence-electron chi connectivity index (χ3n) is 4.45. The van der Waals surface area contributed by atoms with Gasteiger partial charge in [-0.15, -0.1) is 11.3 Å². The van der Waals surface area contributed by atoms with Crippen molar-refractivity contribution in [1.82, 2.24) is 5.32 Å². The van der Waals surface area contributed by atoms with Crippen molar-refractivity contribution in [3.63, 3.8) is 0 Å². The fraction of sp³-hybridized carbons (Fsp3) is 0.688. The van der Waals surface area contributed by atoms with Gasteiger partial charge in [-0.25, -0.2) is 4.79 Å². The van der Waals surface area contributed by atoms with Crippen molar-refractivity contribution >= 4 is 17.3 Å². The second-order valence-electron chi connectivity index (χ2n) is 6.41. The van der Waals surface area contributed by atoms with Crippen LogP contribution in [0.3, 0.4) is 0 Å². The summed E-state index contributed by atoms with van der Waals surface area (Å²) < 4.78 is 5.80. The zero-order chi connectivity index (χ0) is 14.1. The molecule has 3 atom stereocenters. The molecular formula is C16H23NO2S. The number of ether oxygens (including phenoxy) is 1. The van der Waals surface area contributed by atoms with Crippen LogP contribution in [0, 0.1) is 11.8 Å². The van der Waals surface area contributed by atoms with E-state index in [1.165, 1.54) is 11.3 Å². The average Bonchev–Trinajstić information content (AvgIpc) is 2.85. The van der Waals surface area contributed by atoms with Crippen molar-refractivity contribution < 1.29 is 9.53 Å². The minimum Gasteiger partial charge on any atom is -0.461 e. The SMILES string of the molecule is CC1CC(C)CC(OC(=O)C2NCCc3sccc32)C1. The first-order valence-electron chi connectivity index (χ1n) is 7.63. The van der Waals surface area contributed by atoms with Gasteiger partial charge >= 0.3 is 5.97 Å². The van der Waals surface area contributed by atoms with Gasteiger partial charge in [0.1, 0.15) is 12.1 Å². The summed E-state index contributed by atoms with van der Waals surface area (Å²) in [5.74, 6) is 1.23. The highest BCUT2D eigenvalue weighted by atomic mass is 32.1. The normalized spacial score (nSPS) is 33.5. The van der Waals surface area contributed by atoms with Gasteiger partial charge in [0, 0.05) is 11.4 Å². The van der Waals surface area contributed by atoms with Crippen LogP contribution in [0.4, 0.5) is 0 Å². The predicted molar refractivity (Wildman–Crippen MR) is 80.8 cm³/mol. The van der Waals surface area contributed by atoms with Crippen LogP contribution in [-0.2, 0) is 16.0 Å². The Labute approximate surface area is 124 Å². The lowest BCUT2D eigenvalue weighted by atomic mass is 9.82. The molecule has 0 radical (unpaired) electrons. The van der Waals surface area contributed by atoms with E-state index in [2.05, 4.69) is 30.6 Å². The van der Waals surface area contributed by atoms with Crippen LogP contribution >= 0.6 is 11.3 Å². The number of carbonyl (C=O) groups excluding carboxylic acids is 1. The lowest BCUT2D eigenvalue weighted by Gasteiger charge is -2.32. The number of rotatable bonds is 2. The first-order valence-corrected chi connectivity index (χ1v) is 8.51. The zero-order valence-corrected chi connectivity index (χ0v) is 13.0. The summed E-state index contributed by atoms with van der Waals surface area (Å²) in [5, 5.41) is 5.38. The van der Waals surface area contributed by atoms with Crippen LogP contribution < -0.4 is 5.32 Å². The van der Waals surface area contributed by atoms with Crippen molar-refractivity contribution in [3.8, 4) is 0 Å². The Morgan fingerprint density at radius 3 is 2.80 bits per heavy atom. The van der Waals surface area contributed by atoms with E-state index >= 15 is 0 Å². The maximum Gasteiger partial charge on any atom is 0.328 e. The Kier molecular flexibility index (Phi) is 4.13. The summed E-state index contributed by atoms with van der Waals surface area (Å²) in [4.78, 5) is 13.8. The summed E-state index contributed by atoms with van der Waals surface area (Å²) in [6, 6.07) is 1.81. The van der Waals surface area contributed by atoms with Crippen LogP contribution in [0.1, 0.15) is 49.6 Å². The molecule has 20 heavy (non-hydrogen) atoms. The Bertz CT molecular complexity index is 475. The van der Waals surface area contributed by atoms with E-state index in [9.17, 15) is 4.79 Å². The van der Waals surface area contributed by atoms with Crippen LogP contribution in [0.5, 0.6) is 0 Å². The molecule has 2 aliphatic rings. The van der Waals surface area contributed by atoms with E-state index < -0.39 is 0 Å². The molecule has 0 spiro atoms. The minimum absolute atomic E-state index is 0.0874. The maximum absolute atomic E-state index is 12.5. The van der Waals surface area contributed by atoms with Crippen molar-refractivity contribution in [2.45, 2.75) is 51.7 Å². The predicted octanol–water partition coefficient (Wildman–Crippen LogP) is 3.30. The quantitative estimate of drug-likeness (QED) is 0.850. The summed E-state index contributed by atoms with van der Waals surface area (Å²) in [6.07, 6.45) is 4.41. The zero-order valence-electron chi connectivity index (χ0n) is 12.2. The molecule has 1 aliphatic carbocycles. The third kappa shape index (κ3) is 2.91. The van der Waals surface area contributed by atoms with Crippen molar-refractivity contribution in [3.05, 3.63) is 21.9 Å². The number of fused-ring (bicyclic) bond motifs is 1. The highest BCUT2D eigenvalue weighted by molar-refractivity contribution is 7.10. The Morgan fingerprint density at radius 2 is 2.05 bits per heavy atom. The second-order valence-corrected chi connectivity index (χ2v) is 7.41. The molecule has 3 unspecified atom stereocenters. The molecule has 0 saturated heterocycles. The fourth-order valence-electron chi connectivity index (χ4n) is 3.66. The van der Waals surface area contributed by atoms with E-state index in [4.69, 9.17) is 4.74 Å². The van der Waals surface area contributed by atoms with Gasteiger partial charge in [-0.2, -0.15) is 0 Å². The standard InChI is InChI=1S/C16H23NO2S/c1-10-7-11(2)9-12(8-10)19-16(18)15-13-4-6-20-14(13)3-5-17-15/h4,6,10-12,15,17H,3,5,7-9H2,1-2H3. The van der Waals surface area contributed by atoms with Crippen LogP contribution in [0.25, 0.3) is 0 Å². The summed E-state index contributed by atoms with van der Waals surface area (Å²) in [6.45, 7) is 5.38. The lowest BCUT2D eigenvalue weighted by molar-refractivity contribution is -0.155. The van der Waals surface area contributed by atoms with Crippen LogP contribution in [0.2, 0.25) is 0 Å². The largest absolute Gasteiger partial charge is 0.461 e. The highest BCUT2D eigenvalue weighted by Gasteiger charge is 2.32. The number of esters is 1. The molecule has 1 N–H and O–H groups in total. The highest BCUT2D eigenvalue weighted by Crippen LogP contribution is 2.33. The topological polar surface area (TPSA) is 38.3 Å². The van der Waals surface area contributed by atoms with Crippen molar-refractivity contribution in [2.75, 3.05) is 6.54 Å². The molecule has 0 aromatic carbocycles. The van der Waals surface area contributed by atoms with Gasteiger partial charge in [0.05, 0.1) is 0 Å². The number of carbonyl (C=O) groups is 1. The van der Waals surface area contributed by atoms with E-state index in [0.717, 1.165) is 31.4 Å². The average molecular weight is 293 g/mol. The second kappa shape index (κ2) is 5.86. The smallest absolute Gasteiger partial charge is 0.328 e. The summed E-state index contributed by atoms with van der Waals surface area (Å²) in [5.41, 5.74) is 1.13. The first kappa shape index (κ1) is 14.1. The van der Waals surface area contributed by atoms with Crippen LogP contribution in [-0.4, -0.2) is 18.6 Å². The fourth-order valence-corrected chi connectivity index (χ4v) is 4.58. The first-order chi connectivity index (χ1) is 9.63. The molecule has 1 saturated carbocycles. The van der Waals surface area contributed by atoms with E-state index in [1.807, 2.05) is 0 Å². The van der Waals surface area contributed by atoms with Gasteiger partial charge in [-0.05, 0) is 54.5 Å². The van der Waals surface area contributed by atoms with Gasteiger partial charge in [0.15, 0.2) is 0 Å². The van der Waals surface area contributed by atoms with Gasteiger partial charge < -0.3 is 10.1 Å². The molecule has 1 aliphatic heterocycles. The summed E-state index contributed by atoms with van der Waals surface area (Å²) in [7, 11) is 0. The Balaban J connectivity index is 1.66. The minimum atomic E-state index is -0.252. The van der Waals surface area contributed by atoms with Gasteiger partial charge in [0.25, 0.3) is 0 Å². The van der Waals surface area contributed by atoms with Crippen molar-refractivity contribution in [1.29, 1.82) is 0 Å². The number of nitrogens with one attached hydrogen (secondary N) is 1. The van der Waals surface area contributed by atoms with E-state index in [1.54, 1.807) is 11.3 Å². The van der Waals surface area contributed by atoms with Gasteiger partial charge in [0.2, 0.25) is 0 Å². The Morgan fingerprint density at radius 1 is 1.30 bits per heavy atom. The monoisotopic (exact) mass is 293 g/mol. The number of hydrogen-bond donors (Lipinski definition) is 1. The number of hydrogen-bond acceptors (Lipinski definition) is 4. The summed E-state index contributed by atoms with van der Waals surface area (Å²) >= 11 is 1.75. The molecule has 1 fully saturated rings. The number of thiophene rings is 1. The Hall–Kier alpha value is -0.870. The molecule has 1 aromatic heterocycles. The molecule has 4 heteroatoms. The molecule has 0 bridgehead atoms. The molecule has 0 amide bonds. The van der Waals surface area contributed by atoms with E-state index in [-0.39, 0.29) is 18.1 Å². The molecule has 3 nitrogen and oxygen atoms in total. The van der Waals surface area contributed by atoms with Gasteiger partial charge in [-0.3, -0.25) is 0 Å². The molecule has 3 rings (SSSR count).